The van der Waals surface area contributed by atoms with Crippen LogP contribution >= 0.6 is 0 Å². The molecule has 1 N–H and O–H groups in total. The lowest BCUT2D eigenvalue weighted by Crippen LogP contribution is -2.19. The lowest BCUT2D eigenvalue weighted by molar-refractivity contribution is 0.0955. The first-order chi connectivity index (χ1) is 17.7. The van der Waals surface area contributed by atoms with Gasteiger partial charge in [-0.25, -0.2) is 5.43 Å². The van der Waals surface area contributed by atoms with Crippen LogP contribution in [-0.2, 0) is 6.61 Å². The minimum absolute atomic E-state index is 0.249. The number of amides is 1. The van der Waals surface area contributed by atoms with Crippen molar-refractivity contribution in [1.82, 2.24) is 5.43 Å². The molecule has 6 nitrogen and oxygen atoms in total. The molecule has 0 aliphatic carbocycles. The van der Waals surface area contributed by atoms with Crippen LogP contribution < -0.4 is 15.1 Å². The molecule has 36 heavy (non-hydrogen) atoms. The Morgan fingerprint density at radius 2 is 1.72 bits per heavy atom. The zero-order valence-corrected chi connectivity index (χ0v) is 19.9. The zero-order chi connectivity index (χ0) is 24.7. The molecule has 4 aromatic carbocycles. The SMILES string of the molecule is N#Cc1ccccc1COc1ccc2ccccc2c1/C=N\NC(=O)c1ccc(N2CCCC2)cc1. The molecule has 1 fully saturated rings. The fourth-order valence-corrected chi connectivity index (χ4v) is 4.46. The van der Waals surface area contributed by atoms with Gasteiger partial charge < -0.3 is 9.64 Å². The maximum atomic E-state index is 12.7. The monoisotopic (exact) mass is 474 g/mol. The molecule has 4 aromatic rings. The highest BCUT2D eigenvalue weighted by molar-refractivity contribution is 6.03. The Hall–Kier alpha value is -4.63. The quantitative estimate of drug-likeness (QED) is 0.277. The molecule has 0 spiro atoms. The van der Waals surface area contributed by atoms with Crippen molar-refractivity contribution in [3.63, 3.8) is 0 Å². The molecule has 1 heterocycles. The summed E-state index contributed by atoms with van der Waals surface area (Å²) in [6, 6.07) is 29.0. The predicted octanol–water partition coefficient (Wildman–Crippen LogP) is 5.65. The average Bonchev–Trinajstić information content (AvgIpc) is 3.48. The summed E-state index contributed by atoms with van der Waals surface area (Å²) in [6.45, 7) is 2.37. The number of fused-ring (bicyclic) bond motifs is 1. The topological polar surface area (TPSA) is 77.7 Å². The van der Waals surface area contributed by atoms with Gasteiger partial charge in [0.05, 0.1) is 17.8 Å². The Kier molecular flexibility index (Phi) is 6.90. The van der Waals surface area contributed by atoms with Crippen molar-refractivity contribution in [2.75, 3.05) is 18.0 Å². The van der Waals surface area contributed by atoms with Crippen molar-refractivity contribution >= 4 is 28.6 Å². The van der Waals surface area contributed by atoms with Crippen LogP contribution in [0.1, 0.15) is 39.9 Å². The van der Waals surface area contributed by atoms with E-state index in [1.807, 2.05) is 78.9 Å². The van der Waals surface area contributed by atoms with Gasteiger partial charge in [-0.2, -0.15) is 10.4 Å². The lowest BCUT2D eigenvalue weighted by Gasteiger charge is -2.17. The summed E-state index contributed by atoms with van der Waals surface area (Å²) in [4.78, 5) is 15.0. The summed E-state index contributed by atoms with van der Waals surface area (Å²) in [7, 11) is 0. The first-order valence-corrected chi connectivity index (χ1v) is 12.0. The number of anilines is 1. The second-order valence-corrected chi connectivity index (χ2v) is 8.70. The Labute approximate surface area is 210 Å². The summed E-state index contributed by atoms with van der Waals surface area (Å²) < 4.78 is 6.12. The molecule has 0 bridgehead atoms. The van der Waals surface area contributed by atoms with Gasteiger partial charge in [0, 0.05) is 35.5 Å². The van der Waals surface area contributed by atoms with Crippen LogP contribution in [0.3, 0.4) is 0 Å². The molecule has 1 amide bonds. The van der Waals surface area contributed by atoms with Crippen molar-refractivity contribution in [3.8, 4) is 11.8 Å². The number of nitrogens with one attached hydrogen (secondary N) is 1. The second kappa shape index (κ2) is 10.7. The van der Waals surface area contributed by atoms with Crippen LogP contribution in [0.5, 0.6) is 5.75 Å². The van der Waals surface area contributed by atoms with Crippen molar-refractivity contribution < 1.29 is 9.53 Å². The van der Waals surface area contributed by atoms with E-state index in [1.54, 1.807) is 12.3 Å². The highest BCUT2D eigenvalue weighted by Gasteiger charge is 2.13. The van der Waals surface area contributed by atoms with Gasteiger partial charge in [-0.1, -0.05) is 48.5 Å². The molecular formula is C30H26N4O2. The predicted molar refractivity (Wildman–Crippen MR) is 142 cm³/mol. The maximum absolute atomic E-state index is 12.7. The van der Waals surface area contributed by atoms with Gasteiger partial charge in [-0.05, 0) is 60.0 Å². The molecular weight excluding hydrogens is 448 g/mol. The number of ether oxygens (including phenoxy) is 1. The summed E-state index contributed by atoms with van der Waals surface area (Å²) in [5.74, 6) is 0.347. The molecule has 1 saturated heterocycles. The third-order valence-electron chi connectivity index (χ3n) is 6.41. The van der Waals surface area contributed by atoms with Gasteiger partial charge in [0.15, 0.2) is 0 Å². The molecule has 1 aliphatic rings. The van der Waals surface area contributed by atoms with Gasteiger partial charge in [-0.15, -0.1) is 0 Å². The van der Waals surface area contributed by atoms with Crippen molar-refractivity contribution in [3.05, 3.63) is 107 Å². The fraction of sp³-hybridized carbons (Fsp3) is 0.167. The zero-order valence-electron chi connectivity index (χ0n) is 19.9. The lowest BCUT2D eigenvalue weighted by atomic mass is 10.0. The number of hydrogen-bond donors (Lipinski definition) is 1. The number of hydrogen-bond acceptors (Lipinski definition) is 5. The van der Waals surface area contributed by atoms with Gasteiger partial charge in [0.1, 0.15) is 12.4 Å². The number of nitrogens with zero attached hydrogens (tertiary/aromatic N) is 3. The Morgan fingerprint density at radius 3 is 2.53 bits per heavy atom. The summed E-state index contributed by atoms with van der Waals surface area (Å²) in [5, 5.41) is 15.6. The van der Waals surface area contributed by atoms with Crippen LogP contribution in [0.25, 0.3) is 10.8 Å². The van der Waals surface area contributed by atoms with Crippen LogP contribution in [0.4, 0.5) is 5.69 Å². The van der Waals surface area contributed by atoms with E-state index < -0.39 is 0 Å². The molecule has 1 aliphatic heterocycles. The first kappa shape index (κ1) is 23.1. The van der Waals surface area contributed by atoms with E-state index in [0.717, 1.165) is 40.7 Å². The fourth-order valence-electron chi connectivity index (χ4n) is 4.46. The summed E-state index contributed by atoms with van der Waals surface area (Å²) in [5.41, 5.74) is 6.48. The maximum Gasteiger partial charge on any atom is 0.271 e. The summed E-state index contributed by atoms with van der Waals surface area (Å²) in [6.07, 6.45) is 4.04. The largest absolute Gasteiger partial charge is 0.488 e. The molecule has 0 atom stereocenters. The Balaban J connectivity index is 1.34. The molecule has 0 saturated carbocycles. The van der Waals surface area contributed by atoms with E-state index in [-0.39, 0.29) is 12.5 Å². The first-order valence-electron chi connectivity index (χ1n) is 12.0. The van der Waals surface area contributed by atoms with Crippen molar-refractivity contribution in [2.24, 2.45) is 5.10 Å². The smallest absolute Gasteiger partial charge is 0.271 e. The number of carbonyl (C=O) groups excluding carboxylic acids is 1. The molecule has 5 rings (SSSR count). The van der Waals surface area contributed by atoms with E-state index >= 15 is 0 Å². The Morgan fingerprint density at radius 1 is 0.972 bits per heavy atom. The van der Waals surface area contributed by atoms with E-state index in [2.05, 4.69) is 21.5 Å². The molecule has 0 unspecified atom stereocenters. The normalized spacial score (nSPS) is 13.1. The van der Waals surface area contributed by atoms with Crippen LogP contribution in [0, 0.1) is 11.3 Å². The van der Waals surface area contributed by atoms with Gasteiger partial charge in [0.2, 0.25) is 0 Å². The number of nitriles is 1. The minimum Gasteiger partial charge on any atom is -0.488 e. The van der Waals surface area contributed by atoms with Gasteiger partial charge in [0.25, 0.3) is 5.91 Å². The van der Waals surface area contributed by atoms with E-state index in [1.165, 1.54) is 12.8 Å². The molecule has 0 aromatic heterocycles. The standard InChI is InChI=1S/C30H26N4O2/c31-19-24-8-1-2-9-25(24)21-36-29-16-13-22-7-3-4-10-27(22)28(29)20-32-33-30(35)23-11-14-26(15-12-23)34-17-5-6-18-34/h1-4,7-16,20H,5-6,17-18,21H2,(H,33,35)/b32-20-. The third kappa shape index (κ3) is 5.06. The average molecular weight is 475 g/mol. The van der Waals surface area contributed by atoms with Crippen LogP contribution in [0.2, 0.25) is 0 Å². The van der Waals surface area contributed by atoms with E-state index in [0.29, 0.717) is 16.9 Å². The molecule has 6 heteroatoms. The number of rotatable bonds is 7. The highest BCUT2D eigenvalue weighted by Crippen LogP contribution is 2.28. The van der Waals surface area contributed by atoms with Crippen molar-refractivity contribution in [2.45, 2.75) is 19.4 Å². The number of benzene rings is 4. The Bertz CT molecular complexity index is 1450. The highest BCUT2D eigenvalue weighted by atomic mass is 16.5. The third-order valence-corrected chi connectivity index (χ3v) is 6.41. The van der Waals surface area contributed by atoms with Gasteiger partial charge >= 0.3 is 0 Å². The second-order valence-electron chi connectivity index (χ2n) is 8.70. The van der Waals surface area contributed by atoms with E-state index in [4.69, 9.17) is 4.74 Å². The minimum atomic E-state index is -0.273. The summed E-state index contributed by atoms with van der Waals surface area (Å²) >= 11 is 0. The van der Waals surface area contributed by atoms with Crippen LogP contribution in [0.15, 0.2) is 90.0 Å². The molecule has 0 radical (unpaired) electrons. The van der Waals surface area contributed by atoms with Gasteiger partial charge in [-0.3, -0.25) is 4.79 Å². The number of carbonyl (C=O) groups is 1. The number of hydrazone groups is 1. The van der Waals surface area contributed by atoms with Crippen molar-refractivity contribution in [1.29, 1.82) is 5.26 Å². The molecule has 178 valence electrons. The van der Waals surface area contributed by atoms with E-state index in [9.17, 15) is 10.1 Å². The van der Waals surface area contributed by atoms with Crippen LogP contribution in [-0.4, -0.2) is 25.2 Å².